The van der Waals surface area contributed by atoms with Crippen molar-refractivity contribution in [1.82, 2.24) is 15.5 Å². The number of hydrogen-bond donors (Lipinski definition) is 1. The van der Waals surface area contributed by atoms with Gasteiger partial charge in [-0.1, -0.05) is 5.16 Å². The third-order valence-electron chi connectivity index (χ3n) is 2.30. The number of nitrogens with zero attached hydrogens (tertiary/aromatic N) is 3. The fourth-order valence-electron chi connectivity index (χ4n) is 1.32. The van der Waals surface area contributed by atoms with Crippen LogP contribution in [0.2, 0.25) is 0 Å². The molecule has 1 aromatic heterocycles. The molecule has 0 aliphatic heterocycles. The molecule has 0 spiro atoms. The van der Waals surface area contributed by atoms with Crippen LogP contribution in [0.5, 0.6) is 0 Å². The third kappa shape index (κ3) is 4.41. The highest BCUT2D eigenvalue weighted by atomic mass is 16.5. The van der Waals surface area contributed by atoms with E-state index in [1.54, 1.807) is 6.92 Å². The van der Waals surface area contributed by atoms with Crippen LogP contribution in [0.4, 0.5) is 0 Å². The lowest BCUT2D eigenvalue weighted by molar-refractivity contribution is 0.360. The van der Waals surface area contributed by atoms with Crippen LogP contribution in [-0.4, -0.2) is 16.7 Å². The summed E-state index contributed by atoms with van der Waals surface area (Å²) >= 11 is 0. The van der Waals surface area contributed by atoms with Gasteiger partial charge in [-0.05, 0) is 40.2 Å². The summed E-state index contributed by atoms with van der Waals surface area (Å²) < 4.78 is 4.96. The molecule has 1 heterocycles. The number of rotatable bonds is 6. The summed E-state index contributed by atoms with van der Waals surface area (Å²) in [6.45, 7) is 7.14. The van der Waals surface area contributed by atoms with Crippen LogP contribution in [0.25, 0.3) is 0 Å². The van der Waals surface area contributed by atoms with Crippen molar-refractivity contribution in [2.75, 3.05) is 6.54 Å². The van der Waals surface area contributed by atoms with Crippen LogP contribution >= 0.6 is 0 Å². The molecule has 5 heteroatoms. The van der Waals surface area contributed by atoms with Gasteiger partial charge in [-0.2, -0.15) is 10.2 Å². The fraction of sp³-hybridized carbons (Fsp3) is 0.727. The zero-order chi connectivity index (χ0) is 12.0. The Bertz CT molecular complexity index is 364. The van der Waals surface area contributed by atoms with Gasteiger partial charge in [0.05, 0.1) is 18.0 Å². The SMILES string of the molecule is Cc1noc(CNCCCC(C)(C)C#N)n1. The molecule has 0 fully saturated rings. The largest absolute Gasteiger partial charge is 0.338 e. The second-order valence-corrected chi connectivity index (χ2v) is 4.51. The first-order valence-corrected chi connectivity index (χ1v) is 5.45. The zero-order valence-electron chi connectivity index (χ0n) is 10.1. The Morgan fingerprint density at radius 2 is 2.25 bits per heavy atom. The molecule has 0 aliphatic carbocycles. The minimum Gasteiger partial charge on any atom is -0.338 e. The van der Waals surface area contributed by atoms with Crippen LogP contribution in [0, 0.1) is 23.7 Å². The van der Waals surface area contributed by atoms with Crippen LogP contribution < -0.4 is 5.32 Å². The smallest absolute Gasteiger partial charge is 0.240 e. The Morgan fingerprint density at radius 3 is 2.81 bits per heavy atom. The van der Waals surface area contributed by atoms with Gasteiger partial charge in [-0.15, -0.1) is 0 Å². The second kappa shape index (κ2) is 5.61. The third-order valence-corrected chi connectivity index (χ3v) is 2.30. The molecule has 0 saturated carbocycles. The maximum Gasteiger partial charge on any atom is 0.240 e. The highest BCUT2D eigenvalue weighted by molar-refractivity contribution is 4.91. The molecular formula is C11H18N4O. The number of aryl methyl sites for hydroxylation is 1. The molecule has 0 amide bonds. The van der Waals surface area contributed by atoms with E-state index in [4.69, 9.17) is 9.78 Å². The molecule has 0 unspecified atom stereocenters. The summed E-state index contributed by atoms with van der Waals surface area (Å²) in [5.74, 6) is 1.26. The van der Waals surface area contributed by atoms with Crippen molar-refractivity contribution in [1.29, 1.82) is 5.26 Å². The molecule has 1 N–H and O–H groups in total. The minimum absolute atomic E-state index is 0.233. The monoisotopic (exact) mass is 222 g/mol. The van der Waals surface area contributed by atoms with E-state index >= 15 is 0 Å². The number of aromatic nitrogens is 2. The van der Waals surface area contributed by atoms with Gasteiger partial charge < -0.3 is 9.84 Å². The Labute approximate surface area is 95.8 Å². The zero-order valence-corrected chi connectivity index (χ0v) is 10.1. The summed E-state index contributed by atoms with van der Waals surface area (Å²) in [5, 5.41) is 15.7. The molecule has 16 heavy (non-hydrogen) atoms. The second-order valence-electron chi connectivity index (χ2n) is 4.51. The summed E-state index contributed by atoms with van der Waals surface area (Å²) in [7, 11) is 0. The van der Waals surface area contributed by atoms with Gasteiger partial charge in [-0.25, -0.2) is 0 Å². The van der Waals surface area contributed by atoms with Crippen LogP contribution in [0.15, 0.2) is 4.52 Å². The van der Waals surface area contributed by atoms with E-state index in [-0.39, 0.29) is 5.41 Å². The predicted molar refractivity (Wildman–Crippen MR) is 59.4 cm³/mol. The highest BCUT2D eigenvalue weighted by Gasteiger charge is 2.15. The van der Waals surface area contributed by atoms with E-state index in [2.05, 4.69) is 21.5 Å². The average Bonchev–Trinajstić information content (AvgIpc) is 2.64. The van der Waals surface area contributed by atoms with Crippen molar-refractivity contribution in [2.45, 2.75) is 40.2 Å². The first kappa shape index (κ1) is 12.7. The van der Waals surface area contributed by atoms with E-state index in [0.29, 0.717) is 18.3 Å². The lowest BCUT2D eigenvalue weighted by Crippen LogP contribution is -2.17. The topological polar surface area (TPSA) is 74.7 Å². The van der Waals surface area contributed by atoms with E-state index in [1.807, 2.05) is 13.8 Å². The van der Waals surface area contributed by atoms with Gasteiger partial charge >= 0.3 is 0 Å². The standard InChI is InChI=1S/C11H18N4O/c1-9-14-10(16-15-9)7-13-6-4-5-11(2,3)8-12/h13H,4-7H2,1-3H3. The van der Waals surface area contributed by atoms with E-state index in [9.17, 15) is 0 Å². The quantitative estimate of drug-likeness (QED) is 0.743. The number of nitriles is 1. The molecule has 0 saturated heterocycles. The highest BCUT2D eigenvalue weighted by Crippen LogP contribution is 2.19. The van der Waals surface area contributed by atoms with Gasteiger partial charge in [0, 0.05) is 0 Å². The number of nitrogens with one attached hydrogen (secondary N) is 1. The van der Waals surface area contributed by atoms with Crippen LogP contribution in [0.3, 0.4) is 0 Å². The summed E-state index contributed by atoms with van der Waals surface area (Å²) in [5.41, 5.74) is -0.233. The normalized spacial score (nSPS) is 11.4. The predicted octanol–water partition coefficient (Wildman–Crippen LogP) is 1.80. The molecule has 1 rings (SSSR count). The van der Waals surface area contributed by atoms with Gasteiger partial charge in [0.15, 0.2) is 5.82 Å². The molecular weight excluding hydrogens is 204 g/mol. The molecule has 1 aromatic rings. The lowest BCUT2D eigenvalue weighted by atomic mass is 9.90. The minimum atomic E-state index is -0.233. The van der Waals surface area contributed by atoms with Gasteiger partial charge in [0.1, 0.15) is 0 Å². The molecule has 5 nitrogen and oxygen atoms in total. The fourth-order valence-corrected chi connectivity index (χ4v) is 1.32. The Hall–Kier alpha value is -1.41. The van der Waals surface area contributed by atoms with Gasteiger partial charge in [0.2, 0.25) is 5.89 Å². The summed E-state index contributed by atoms with van der Waals surface area (Å²) in [6.07, 6.45) is 1.85. The van der Waals surface area contributed by atoms with Crippen molar-refractivity contribution < 1.29 is 4.52 Å². The molecule has 0 atom stereocenters. The van der Waals surface area contributed by atoms with E-state index in [0.717, 1.165) is 19.4 Å². The van der Waals surface area contributed by atoms with Crippen molar-refractivity contribution in [2.24, 2.45) is 5.41 Å². The molecule has 88 valence electrons. The van der Waals surface area contributed by atoms with Crippen LogP contribution in [0.1, 0.15) is 38.4 Å². The maximum absolute atomic E-state index is 8.83. The van der Waals surface area contributed by atoms with Gasteiger partial charge in [-0.3, -0.25) is 0 Å². The van der Waals surface area contributed by atoms with Crippen molar-refractivity contribution in [3.8, 4) is 6.07 Å². The molecule has 0 radical (unpaired) electrons. The molecule has 0 aliphatic rings. The summed E-state index contributed by atoms with van der Waals surface area (Å²) in [6, 6.07) is 2.28. The number of hydrogen-bond acceptors (Lipinski definition) is 5. The average molecular weight is 222 g/mol. The Kier molecular flexibility index (Phi) is 4.44. The van der Waals surface area contributed by atoms with E-state index < -0.39 is 0 Å². The van der Waals surface area contributed by atoms with Crippen molar-refractivity contribution in [3.63, 3.8) is 0 Å². The summed E-state index contributed by atoms with van der Waals surface area (Å²) in [4.78, 5) is 4.08. The molecule has 0 aromatic carbocycles. The lowest BCUT2D eigenvalue weighted by Gasteiger charge is -2.14. The van der Waals surface area contributed by atoms with Crippen molar-refractivity contribution in [3.05, 3.63) is 11.7 Å². The van der Waals surface area contributed by atoms with Crippen LogP contribution in [-0.2, 0) is 6.54 Å². The first-order valence-electron chi connectivity index (χ1n) is 5.45. The molecule has 0 bridgehead atoms. The Morgan fingerprint density at radius 1 is 1.50 bits per heavy atom. The Balaban J connectivity index is 2.11. The van der Waals surface area contributed by atoms with E-state index in [1.165, 1.54) is 0 Å². The maximum atomic E-state index is 8.83. The first-order chi connectivity index (χ1) is 7.53. The van der Waals surface area contributed by atoms with Gasteiger partial charge in [0.25, 0.3) is 0 Å². The van der Waals surface area contributed by atoms with Crippen molar-refractivity contribution >= 4 is 0 Å².